The summed E-state index contributed by atoms with van der Waals surface area (Å²) in [5.41, 5.74) is 0. The van der Waals surface area contributed by atoms with E-state index in [1.54, 1.807) is 0 Å². The standard InChI is InChI=1S/C10H20N2O2/c1-3-12(2)7-8-14-10(13)9-5-4-6-11-9/h9,11H,3-8H2,1-2H3/t9-/m0/s1. The van der Waals surface area contributed by atoms with Gasteiger partial charge >= 0.3 is 5.97 Å². The lowest BCUT2D eigenvalue weighted by Gasteiger charge is -2.15. The second kappa shape index (κ2) is 5.98. The average molecular weight is 200 g/mol. The first-order chi connectivity index (χ1) is 6.74. The Morgan fingerprint density at radius 2 is 2.43 bits per heavy atom. The van der Waals surface area contributed by atoms with Crippen molar-refractivity contribution < 1.29 is 9.53 Å². The summed E-state index contributed by atoms with van der Waals surface area (Å²) in [7, 11) is 2.02. The van der Waals surface area contributed by atoms with Crippen molar-refractivity contribution in [3.63, 3.8) is 0 Å². The first kappa shape index (κ1) is 11.5. The normalized spacial score (nSPS) is 21.5. The van der Waals surface area contributed by atoms with Gasteiger partial charge in [0.15, 0.2) is 0 Å². The van der Waals surface area contributed by atoms with Crippen molar-refractivity contribution in [1.29, 1.82) is 0 Å². The Labute approximate surface area is 85.6 Å². The third-order valence-electron chi connectivity index (χ3n) is 2.60. The highest BCUT2D eigenvalue weighted by Gasteiger charge is 2.22. The van der Waals surface area contributed by atoms with Crippen molar-refractivity contribution >= 4 is 5.97 Å². The fourth-order valence-corrected chi connectivity index (χ4v) is 1.45. The highest BCUT2D eigenvalue weighted by atomic mass is 16.5. The lowest BCUT2D eigenvalue weighted by molar-refractivity contribution is -0.146. The van der Waals surface area contributed by atoms with Crippen molar-refractivity contribution in [1.82, 2.24) is 10.2 Å². The third-order valence-corrected chi connectivity index (χ3v) is 2.60. The maximum atomic E-state index is 11.4. The summed E-state index contributed by atoms with van der Waals surface area (Å²) >= 11 is 0. The zero-order valence-electron chi connectivity index (χ0n) is 9.08. The van der Waals surface area contributed by atoms with Gasteiger partial charge < -0.3 is 15.0 Å². The highest BCUT2D eigenvalue weighted by Crippen LogP contribution is 2.06. The predicted octanol–water partition coefficient (Wildman–Crippen LogP) is 0.233. The number of nitrogens with zero attached hydrogens (tertiary/aromatic N) is 1. The number of nitrogens with one attached hydrogen (secondary N) is 1. The van der Waals surface area contributed by atoms with Crippen molar-refractivity contribution in [3.8, 4) is 0 Å². The topological polar surface area (TPSA) is 41.6 Å². The van der Waals surface area contributed by atoms with Gasteiger partial charge in [0.1, 0.15) is 12.6 Å². The fraction of sp³-hybridized carbons (Fsp3) is 0.900. The van der Waals surface area contributed by atoms with Gasteiger partial charge in [-0.1, -0.05) is 6.92 Å². The van der Waals surface area contributed by atoms with E-state index < -0.39 is 0 Å². The van der Waals surface area contributed by atoms with E-state index >= 15 is 0 Å². The van der Waals surface area contributed by atoms with Gasteiger partial charge in [0.05, 0.1) is 0 Å². The summed E-state index contributed by atoms with van der Waals surface area (Å²) in [4.78, 5) is 13.5. The molecule has 1 rings (SSSR count). The van der Waals surface area contributed by atoms with Crippen molar-refractivity contribution in [3.05, 3.63) is 0 Å². The van der Waals surface area contributed by atoms with Crippen molar-refractivity contribution in [2.24, 2.45) is 0 Å². The number of carbonyl (C=O) groups is 1. The Morgan fingerprint density at radius 3 is 3.00 bits per heavy atom. The molecule has 1 fully saturated rings. The molecule has 1 saturated heterocycles. The van der Waals surface area contributed by atoms with E-state index in [0.29, 0.717) is 6.61 Å². The van der Waals surface area contributed by atoms with Crippen LogP contribution in [0, 0.1) is 0 Å². The molecule has 0 unspecified atom stereocenters. The highest BCUT2D eigenvalue weighted by molar-refractivity contribution is 5.76. The molecule has 0 aromatic rings. The summed E-state index contributed by atoms with van der Waals surface area (Å²) in [5, 5.41) is 3.12. The monoisotopic (exact) mass is 200 g/mol. The molecule has 0 spiro atoms. The number of likely N-dealkylation sites (N-methyl/N-ethyl adjacent to an activating group) is 1. The smallest absolute Gasteiger partial charge is 0.323 e. The Balaban J connectivity index is 2.08. The zero-order valence-corrected chi connectivity index (χ0v) is 9.08. The lowest BCUT2D eigenvalue weighted by Crippen LogP contribution is -2.34. The van der Waals surface area contributed by atoms with E-state index in [-0.39, 0.29) is 12.0 Å². The van der Waals surface area contributed by atoms with E-state index in [2.05, 4.69) is 17.1 Å². The number of hydrogen-bond donors (Lipinski definition) is 1. The van der Waals surface area contributed by atoms with E-state index in [9.17, 15) is 4.79 Å². The average Bonchev–Trinajstić information content (AvgIpc) is 2.70. The summed E-state index contributed by atoms with van der Waals surface area (Å²) in [5.74, 6) is -0.0907. The molecule has 1 aliphatic heterocycles. The van der Waals surface area contributed by atoms with Gasteiger partial charge in [-0.05, 0) is 33.0 Å². The summed E-state index contributed by atoms with van der Waals surface area (Å²) in [6, 6.07) is -0.0538. The third kappa shape index (κ3) is 3.64. The van der Waals surface area contributed by atoms with Gasteiger partial charge in [-0.15, -0.1) is 0 Å². The van der Waals surface area contributed by atoms with Crippen LogP contribution in [0.4, 0.5) is 0 Å². The number of esters is 1. The molecular formula is C10H20N2O2. The summed E-state index contributed by atoms with van der Waals surface area (Å²) in [6.07, 6.45) is 2.00. The minimum atomic E-state index is -0.0907. The number of carbonyl (C=O) groups excluding carboxylic acids is 1. The molecule has 1 atom stereocenters. The first-order valence-corrected chi connectivity index (χ1v) is 5.32. The Morgan fingerprint density at radius 1 is 1.64 bits per heavy atom. The maximum absolute atomic E-state index is 11.4. The summed E-state index contributed by atoms with van der Waals surface area (Å²) < 4.78 is 5.16. The van der Waals surface area contributed by atoms with Crippen LogP contribution in [0.15, 0.2) is 0 Å². The molecule has 4 nitrogen and oxygen atoms in total. The maximum Gasteiger partial charge on any atom is 0.323 e. The molecule has 0 aliphatic carbocycles. The van der Waals surface area contributed by atoms with Crippen LogP contribution in [-0.4, -0.2) is 50.2 Å². The molecule has 0 bridgehead atoms. The van der Waals surface area contributed by atoms with Gasteiger partial charge in [0.25, 0.3) is 0 Å². The van der Waals surface area contributed by atoms with Crippen LogP contribution < -0.4 is 5.32 Å². The van der Waals surface area contributed by atoms with Crippen LogP contribution in [0.5, 0.6) is 0 Å². The SMILES string of the molecule is CCN(C)CCOC(=O)[C@@H]1CCCN1. The molecular weight excluding hydrogens is 180 g/mol. The predicted molar refractivity (Wildman–Crippen MR) is 55.2 cm³/mol. The van der Waals surface area contributed by atoms with Gasteiger partial charge in [0, 0.05) is 6.54 Å². The van der Waals surface area contributed by atoms with Crippen molar-refractivity contribution in [2.75, 3.05) is 33.3 Å². The van der Waals surface area contributed by atoms with E-state index in [4.69, 9.17) is 4.74 Å². The minimum Gasteiger partial charge on any atom is -0.463 e. The van der Waals surface area contributed by atoms with Gasteiger partial charge in [-0.2, -0.15) is 0 Å². The Bertz CT molecular complexity index is 179. The van der Waals surface area contributed by atoms with Gasteiger partial charge in [0.2, 0.25) is 0 Å². The molecule has 0 aromatic carbocycles. The Hall–Kier alpha value is -0.610. The molecule has 14 heavy (non-hydrogen) atoms. The largest absolute Gasteiger partial charge is 0.463 e. The second-order valence-electron chi connectivity index (χ2n) is 3.71. The van der Waals surface area contributed by atoms with E-state index in [0.717, 1.165) is 32.5 Å². The number of hydrogen-bond acceptors (Lipinski definition) is 4. The minimum absolute atomic E-state index is 0.0538. The lowest BCUT2D eigenvalue weighted by atomic mass is 10.2. The van der Waals surface area contributed by atoms with Crippen LogP contribution in [0.2, 0.25) is 0 Å². The Kier molecular flexibility index (Phi) is 4.90. The zero-order chi connectivity index (χ0) is 10.4. The molecule has 1 N–H and O–H groups in total. The molecule has 1 aliphatic rings. The second-order valence-corrected chi connectivity index (χ2v) is 3.71. The van der Waals surface area contributed by atoms with E-state index in [1.807, 2.05) is 7.05 Å². The van der Waals surface area contributed by atoms with Crippen LogP contribution in [0.1, 0.15) is 19.8 Å². The fourth-order valence-electron chi connectivity index (χ4n) is 1.45. The van der Waals surface area contributed by atoms with E-state index in [1.165, 1.54) is 0 Å². The van der Waals surface area contributed by atoms with Crippen LogP contribution in [0.3, 0.4) is 0 Å². The molecule has 0 radical (unpaired) electrons. The summed E-state index contributed by atoms with van der Waals surface area (Å²) in [6.45, 7) is 5.32. The quantitative estimate of drug-likeness (QED) is 0.645. The molecule has 0 aromatic heterocycles. The van der Waals surface area contributed by atoms with Crippen LogP contribution in [-0.2, 0) is 9.53 Å². The molecule has 0 saturated carbocycles. The van der Waals surface area contributed by atoms with Gasteiger partial charge in [-0.3, -0.25) is 4.79 Å². The number of rotatable bonds is 5. The molecule has 4 heteroatoms. The van der Waals surface area contributed by atoms with Crippen LogP contribution >= 0.6 is 0 Å². The van der Waals surface area contributed by atoms with Crippen molar-refractivity contribution in [2.45, 2.75) is 25.8 Å². The molecule has 82 valence electrons. The van der Waals surface area contributed by atoms with Crippen LogP contribution in [0.25, 0.3) is 0 Å². The molecule has 0 amide bonds. The van der Waals surface area contributed by atoms with Gasteiger partial charge in [-0.25, -0.2) is 0 Å². The first-order valence-electron chi connectivity index (χ1n) is 5.32. The molecule has 1 heterocycles. The number of ether oxygens (including phenoxy) is 1.